The van der Waals surface area contributed by atoms with Crippen LogP contribution in [0.1, 0.15) is 12.8 Å². The molecular formula is C18H16BrN3O2S2. The number of hydrogen-bond donors (Lipinski definition) is 0. The fourth-order valence-electron chi connectivity index (χ4n) is 2.99. The third kappa shape index (κ3) is 3.45. The molecule has 1 fully saturated rings. The van der Waals surface area contributed by atoms with Gasteiger partial charge in [0.05, 0.1) is 17.0 Å². The predicted octanol–water partition coefficient (Wildman–Crippen LogP) is 3.92. The number of nitrogens with zero attached hydrogens (tertiary/aromatic N) is 3. The van der Waals surface area contributed by atoms with Gasteiger partial charge < -0.3 is 4.90 Å². The van der Waals surface area contributed by atoms with Gasteiger partial charge in [-0.1, -0.05) is 27.7 Å². The van der Waals surface area contributed by atoms with Crippen LogP contribution in [-0.4, -0.2) is 39.2 Å². The largest absolute Gasteiger partial charge is 0.342 e. The van der Waals surface area contributed by atoms with Crippen molar-refractivity contribution in [3.63, 3.8) is 0 Å². The molecule has 5 nitrogen and oxygen atoms in total. The molecule has 0 aliphatic carbocycles. The Bertz CT molecular complexity index is 1010. The van der Waals surface area contributed by atoms with E-state index in [-0.39, 0.29) is 11.5 Å². The van der Waals surface area contributed by atoms with Gasteiger partial charge in [-0.2, -0.15) is 0 Å². The van der Waals surface area contributed by atoms with Gasteiger partial charge in [0.1, 0.15) is 4.70 Å². The summed E-state index contributed by atoms with van der Waals surface area (Å²) in [5.74, 6) is 0.396. The van der Waals surface area contributed by atoms with Crippen molar-refractivity contribution in [3.8, 4) is 5.69 Å². The van der Waals surface area contributed by atoms with Crippen molar-refractivity contribution in [2.75, 3.05) is 18.8 Å². The first-order chi connectivity index (χ1) is 12.6. The quantitative estimate of drug-likeness (QED) is 0.447. The van der Waals surface area contributed by atoms with Gasteiger partial charge >= 0.3 is 0 Å². The van der Waals surface area contributed by atoms with Gasteiger partial charge in [-0.3, -0.25) is 14.2 Å². The van der Waals surface area contributed by atoms with E-state index in [0.29, 0.717) is 21.1 Å². The summed E-state index contributed by atoms with van der Waals surface area (Å²) in [6.07, 6.45) is 2.14. The minimum absolute atomic E-state index is 0.0940. The highest BCUT2D eigenvalue weighted by Crippen LogP contribution is 2.25. The molecule has 0 unspecified atom stereocenters. The zero-order valence-electron chi connectivity index (χ0n) is 13.9. The number of aromatic nitrogens is 2. The van der Waals surface area contributed by atoms with Gasteiger partial charge in [-0.05, 0) is 48.6 Å². The van der Waals surface area contributed by atoms with Crippen LogP contribution < -0.4 is 5.56 Å². The molecule has 3 heterocycles. The number of likely N-dealkylation sites (tertiary alicyclic amines) is 1. The first-order valence-electron chi connectivity index (χ1n) is 8.30. The second-order valence-corrected chi connectivity index (χ2v) is 8.80. The number of rotatable bonds is 4. The summed E-state index contributed by atoms with van der Waals surface area (Å²) in [6, 6.07) is 9.38. The lowest BCUT2D eigenvalue weighted by Crippen LogP contribution is -2.29. The van der Waals surface area contributed by atoms with Gasteiger partial charge in [0, 0.05) is 17.6 Å². The lowest BCUT2D eigenvalue weighted by Gasteiger charge is -2.16. The summed E-state index contributed by atoms with van der Waals surface area (Å²) in [6.45, 7) is 1.66. The molecule has 1 saturated heterocycles. The first-order valence-corrected chi connectivity index (χ1v) is 11.0. The van der Waals surface area contributed by atoms with Crippen molar-refractivity contribution in [3.05, 3.63) is 50.5 Å². The van der Waals surface area contributed by atoms with E-state index in [0.717, 1.165) is 36.1 Å². The molecule has 1 aliphatic rings. The number of halogens is 1. The molecule has 4 rings (SSSR count). The van der Waals surface area contributed by atoms with Crippen molar-refractivity contribution in [1.29, 1.82) is 0 Å². The summed E-state index contributed by atoms with van der Waals surface area (Å²) in [7, 11) is 0. The summed E-state index contributed by atoms with van der Waals surface area (Å²) in [5, 5.41) is 2.42. The fraction of sp³-hybridized carbons (Fsp3) is 0.278. The molecule has 0 bridgehead atoms. The van der Waals surface area contributed by atoms with E-state index in [4.69, 9.17) is 0 Å². The first kappa shape index (κ1) is 17.8. The topological polar surface area (TPSA) is 55.2 Å². The highest BCUT2D eigenvalue weighted by molar-refractivity contribution is 9.10. The minimum atomic E-state index is -0.0940. The molecule has 8 heteroatoms. The van der Waals surface area contributed by atoms with Gasteiger partial charge in [-0.15, -0.1) is 11.3 Å². The van der Waals surface area contributed by atoms with E-state index in [9.17, 15) is 9.59 Å². The monoisotopic (exact) mass is 449 g/mol. The van der Waals surface area contributed by atoms with Crippen molar-refractivity contribution in [2.24, 2.45) is 0 Å². The van der Waals surface area contributed by atoms with Crippen LogP contribution in [0.4, 0.5) is 0 Å². The molecule has 26 heavy (non-hydrogen) atoms. The van der Waals surface area contributed by atoms with E-state index in [1.807, 2.05) is 40.6 Å². The van der Waals surface area contributed by atoms with Gasteiger partial charge in [-0.25, -0.2) is 4.98 Å². The maximum atomic E-state index is 13.0. The summed E-state index contributed by atoms with van der Waals surface area (Å²) in [5.41, 5.74) is 1.34. The van der Waals surface area contributed by atoms with Crippen LogP contribution in [0.15, 0.2) is 50.1 Å². The van der Waals surface area contributed by atoms with E-state index >= 15 is 0 Å². The number of fused-ring (bicyclic) bond motifs is 1. The average Bonchev–Trinajstić information content (AvgIpc) is 3.32. The Balaban J connectivity index is 1.72. The molecule has 0 atom stereocenters. The number of carbonyl (C=O) groups excluding carboxylic acids is 1. The predicted molar refractivity (Wildman–Crippen MR) is 109 cm³/mol. The summed E-state index contributed by atoms with van der Waals surface area (Å²) >= 11 is 6.14. The SMILES string of the molecule is O=C(CSc1nc2ccsc2c(=O)n1-c1ccc(Br)cc1)N1CCCC1. The number of benzene rings is 1. The highest BCUT2D eigenvalue weighted by Gasteiger charge is 2.20. The minimum Gasteiger partial charge on any atom is -0.342 e. The number of carbonyl (C=O) groups is 1. The molecule has 3 aromatic rings. The summed E-state index contributed by atoms with van der Waals surface area (Å²) < 4.78 is 3.17. The number of thiophene rings is 1. The van der Waals surface area contributed by atoms with Crippen molar-refractivity contribution in [1.82, 2.24) is 14.5 Å². The Morgan fingerprint density at radius 3 is 2.65 bits per heavy atom. The number of hydrogen-bond acceptors (Lipinski definition) is 5. The second kappa shape index (κ2) is 7.54. The molecule has 0 N–H and O–H groups in total. The molecule has 1 aliphatic heterocycles. The zero-order valence-corrected chi connectivity index (χ0v) is 17.1. The van der Waals surface area contributed by atoms with Crippen molar-refractivity contribution < 1.29 is 4.79 Å². The van der Waals surface area contributed by atoms with E-state index < -0.39 is 0 Å². The summed E-state index contributed by atoms with van der Waals surface area (Å²) in [4.78, 5) is 31.9. The van der Waals surface area contributed by atoms with Crippen LogP contribution in [0.2, 0.25) is 0 Å². The standard InChI is InChI=1S/C18H16BrN3O2S2/c19-12-3-5-13(6-4-12)22-17(24)16-14(7-10-25-16)20-18(22)26-11-15(23)21-8-1-2-9-21/h3-7,10H,1-2,8-9,11H2. The van der Waals surface area contributed by atoms with Gasteiger partial charge in [0.25, 0.3) is 5.56 Å². The Labute approximate surface area is 167 Å². The Hall–Kier alpha value is -1.64. The van der Waals surface area contributed by atoms with Crippen LogP contribution in [-0.2, 0) is 4.79 Å². The smallest absolute Gasteiger partial charge is 0.276 e. The Morgan fingerprint density at radius 1 is 1.19 bits per heavy atom. The van der Waals surface area contributed by atoms with Crippen LogP contribution in [0, 0.1) is 0 Å². The third-order valence-electron chi connectivity index (χ3n) is 4.32. The van der Waals surface area contributed by atoms with E-state index in [1.165, 1.54) is 23.1 Å². The molecular weight excluding hydrogens is 434 g/mol. The lowest BCUT2D eigenvalue weighted by atomic mass is 10.3. The fourth-order valence-corrected chi connectivity index (χ4v) is 4.93. The average molecular weight is 450 g/mol. The molecule has 0 saturated carbocycles. The molecule has 0 spiro atoms. The van der Waals surface area contributed by atoms with Gasteiger partial charge in [0.15, 0.2) is 5.16 Å². The maximum Gasteiger partial charge on any atom is 0.276 e. The second-order valence-electron chi connectivity index (χ2n) is 6.02. The Kier molecular flexibility index (Phi) is 5.15. The van der Waals surface area contributed by atoms with Crippen LogP contribution >= 0.6 is 39.0 Å². The molecule has 1 amide bonds. The van der Waals surface area contributed by atoms with Crippen LogP contribution in [0.25, 0.3) is 15.9 Å². The third-order valence-corrected chi connectivity index (χ3v) is 6.66. The molecule has 0 radical (unpaired) electrons. The molecule has 1 aromatic carbocycles. The highest BCUT2D eigenvalue weighted by atomic mass is 79.9. The number of thioether (sulfide) groups is 1. The lowest BCUT2D eigenvalue weighted by molar-refractivity contribution is -0.127. The van der Waals surface area contributed by atoms with Crippen molar-refractivity contribution >= 4 is 55.2 Å². The van der Waals surface area contributed by atoms with Crippen LogP contribution in [0.3, 0.4) is 0 Å². The maximum absolute atomic E-state index is 13.0. The van der Waals surface area contributed by atoms with E-state index in [2.05, 4.69) is 20.9 Å². The zero-order chi connectivity index (χ0) is 18.1. The van der Waals surface area contributed by atoms with Crippen LogP contribution in [0.5, 0.6) is 0 Å². The normalized spacial score (nSPS) is 14.3. The van der Waals surface area contributed by atoms with Crippen molar-refractivity contribution in [2.45, 2.75) is 18.0 Å². The Morgan fingerprint density at radius 2 is 1.92 bits per heavy atom. The molecule has 134 valence electrons. The number of amides is 1. The molecule has 2 aromatic heterocycles. The van der Waals surface area contributed by atoms with E-state index in [1.54, 1.807) is 4.57 Å². The van der Waals surface area contributed by atoms with Gasteiger partial charge in [0.2, 0.25) is 5.91 Å².